The zero-order chi connectivity index (χ0) is 15.6. The van der Waals surface area contributed by atoms with Crippen LogP contribution in [0.25, 0.3) is 0 Å². The lowest BCUT2D eigenvalue weighted by atomic mass is 10.3. The van der Waals surface area contributed by atoms with Crippen molar-refractivity contribution in [2.75, 3.05) is 13.2 Å². The van der Waals surface area contributed by atoms with E-state index in [1.54, 1.807) is 0 Å². The zero-order valence-corrected chi connectivity index (χ0v) is 11.9. The molecule has 0 bridgehead atoms. The van der Waals surface area contributed by atoms with Crippen molar-refractivity contribution in [3.63, 3.8) is 0 Å². The Morgan fingerprint density at radius 2 is 1.65 bits per heavy atom. The van der Waals surface area contributed by atoms with Crippen LogP contribution in [0.3, 0.4) is 0 Å². The molecule has 0 spiro atoms. The number of rotatable bonds is 5. The third kappa shape index (κ3) is 5.33. The van der Waals surface area contributed by atoms with Gasteiger partial charge in [-0.05, 0) is 12.1 Å². The molecule has 0 saturated heterocycles. The zero-order valence-electron chi connectivity index (χ0n) is 9.58. The number of sulfonamides is 1. The van der Waals surface area contributed by atoms with Gasteiger partial charge in [0.2, 0.25) is 10.0 Å². The Bertz CT molecular complexity index is 568. The van der Waals surface area contributed by atoms with Gasteiger partial charge in [-0.1, -0.05) is 23.2 Å². The fourth-order valence-corrected chi connectivity index (χ4v) is 2.43. The Morgan fingerprint density at radius 3 is 2.05 bits per heavy atom. The van der Waals surface area contributed by atoms with E-state index in [1.807, 2.05) is 0 Å². The summed E-state index contributed by atoms with van der Waals surface area (Å²) in [6.07, 6.45) is -4.77. The van der Waals surface area contributed by atoms with Gasteiger partial charge in [0.25, 0.3) is 0 Å². The first kappa shape index (κ1) is 17.3. The highest BCUT2D eigenvalue weighted by Crippen LogP contribution is 2.35. The van der Waals surface area contributed by atoms with Crippen LogP contribution in [0.5, 0.6) is 5.75 Å². The average Bonchev–Trinajstić information content (AvgIpc) is 2.23. The third-order valence-electron chi connectivity index (χ3n) is 1.90. The summed E-state index contributed by atoms with van der Waals surface area (Å²) in [5, 5.41) is 4.48. The van der Waals surface area contributed by atoms with Crippen molar-refractivity contribution >= 4 is 33.2 Å². The number of hydrogen-bond acceptors (Lipinski definition) is 4. The minimum Gasteiger partial charge on any atom is -0.488 e. The van der Waals surface area contributed by atoms with E-state index in [0.717, 1.165) is 12.1 Å². The van der Waals surface area contributed by atoms with Gasteiger partial charge in [-0.15, -0.1) is 13.2 Å². The van der Waals surface area contributed by atoms with Gasteiger partial charge in [-0.2, -0.15) is 0 Å². The van der Waals surface area contributed by atoms with Crippen LogP contribution in [0.15, 0.2) is 17.0 Å². The average molecular weight is 354 g/mol. The number of primary sulfonamides is 1. The van der Waals surface area contributed by atoms with E-state index in [1.165, 1.54) is 0 Å². The van der Waals surface area contributed by atoms with Crippen molar-refractivity contribution in [3.8, 4) is 5.75 Å². The van der Waals surface area contributed by atoms with E-state index in [-0.39, 0.29) is 20.7 Å². The molecule has 0 aliphatic carbocycles. The first-order chi connectivity index (χ1) is 9.00. The Balaban J connectivity index is 2.78. The van der Waals surface area contributed by atoms with Gasteiger partial charge >= 0.3 is 6.36 Å². The van der Waals surface area contributed by atoms with Gasteiger partial charge in [0.05, 0.1) is 21.5 Å². The van der Waals surface area contributed by atoms with Crippen molar-refractivity contribution in [1.29, 1.82) is 0 Å². The summed E-state index contributed by atoms with van der Waals surface area (Å²) in [6, 6.07) is 1.95. The summed E-state index contributed by atoms with van der Waals surface area (Å²) in [7, 11) is -4.01. The highest BCUT2D eigenvalue weighted by atomic mass is 35.5. The molecule has 5 nitrogen and oxygen atoms in total. The molecular formula is C9H8Cl2F3NO4S. The van der Waals surface area contributed by atoms with Crippen LogP contribution in [0.2, 0.25) is 10.0 Å². The summed E-state index contributed by atoms with van der Waals surface area (Å²) < 4.78 is 65.7. The van der Waals surface area contributed by atoms with E-state index in [0.29, 0.717) is 0 Å². The molecule has 0 fully saturated rings. The Hall–Kier alpha value is -0.740. The topological polar surface area (TPSA) is 78.6 Å². The van der Waals surface area contributed by atoms with Gasteiger partial charge in [0, 0.05) is 0 Å². The summed E-state index contributed by atoms with van der Waals surface area (Å²) in [5.41, 5.74) is 0. The molecule has 0 aromatic heterocycles. The molecule has 2 N–H and O–H groups in total. The molecule has 1 aromatic carbocycles. The lowest BCUT2D eigenvalue weighted by Crippen LogP contribution is -2.18. The van der Waals surface area contributed by atoms with Crippen LogP contribution in [0, 0.1) is 0 Å². The summed E-state index contributed by atoms with van der Waals surface area (Å²) in [5.74, 6) is -0.161. The van der Waals surface area contributed by atoms with Gasteiger partial charge in [0.15, 0.2) is 5.75 Å². The Labute approximate surface area is 122 Å². The number of halogens is 5. The van der Waals surface area contributed by atoms with E-state index < -0.39 is 29.6 Å². The fourth-order valence-electron chi connectivity index (χ4n) is 1.14. The van der Waals surface area contributed by atoms with Crippen LogP contribution < -0.4 is 9.88 Å². The second-order valence-electron chi connectivity index (χ2n) is 3.40. The minimum atomic E-state index is -4.77. The van der Waals surface area contributed by atoms with Crippen LogP contribution in [-0.2, 0) is 14.8 Å². The maximum absolute atomic E-state index is 11.7. The minimum absolute atomic E-state index is 0.161. The molecule has 0 radical (unpaired) electrons. The summed E-state index contributed by atoms with van der Waals surface area (Å²) >= 11 is 11.4. The summed E-state index contributed by atoms with van der Waals surface area (Å²) in [6.45, 7) is -1.25. The first-order valence-corrected chi connectivity index (χ1v) is 7.16. The first-order valence-electron chi connectivity index (χ1n) is 4.86. The third-order valence-corrected chi connectivity index (χ3v) is 3.35. The normalized spacial score (nSPS) is 12.5. The molecule has 0 atom stereocenters. The van der Waals surface area contributed by atoms with E-state index in [4.69, 9.17) is 33.1 Å². The van der Waals surface area contributed by atoms with Crippen LogP contribution in [-0.4, -0.2) is 28.0 Å². The highest BCUT2D eigenvalue weighted by molar-refractivity contribution is 7.89. The van der Waals surface area contributed by atoms with Gasteiger partial charge in [0.1, 0.15) is 6.61 Å². The van der Waals surface area contributed by atoms with Crippen LogP contribution in [0.4, 0.5) is 13.2 Å². The number of benzene rings is 1. The fraction of sp³-hybridized carbons (Fsp3) is 0.333. The predicted molar refractivity (Wildman–Crippen MR) is 65.3 cm³/mol. The van der Waals surface area contributed by atoms with Crippen LogP contribution >= 0.6 is 23.2 Å². The maximum Gasteiger partial charge on any atom is 0.522 e. The van der Waals surface area contributed by atoms with Gasteiger partial charge in [-0.3, -0.25) is 4.74 Å². The molecule has 0 unspecified atom stereocenters. The highest BCUT2D eigenvalue weighted by Gasteiger charge is 2.28. The van der Waals surface area contributed by atoms with Crippen molar-refractivity contribution in [2.24, 2.45) is 5.14 Å². The molecule has 0 amide bonds. The van der Waals surface area contributed by atoms with E-state index >= 15 is 0 Å². The smallest absolute Gasteiger partial charge is 0.488 e. The number of hydrogen-bond donors (Lipinski definition) is 1. The standard InChI is InChI=1S/C9H8Cl2F3NO4S/c10-6-3-5(20(15,16)17)4-7(11)8(6)18-1-2-19-9(12,13)14/h3-4H,1-2H2,(H2,15,16,17). The molecule has 114 valence electrons. The Kier molecular flexibility index (Phi) is 5.50. The van der Waals surface area contributed by atoms with Crippen molar-refractivity contribution in [1.82, 2.24) is 0 Å². The molecule has 1 aromatic rings. The number of alkyl halides is 3. The number of nitrogens with two attached hydrogens (primary N) is 1. The van der Waals surface area contributed by atoms with E-state index in [9.17, 15) is 21.6 Å². The maximum atomic E-state index is 11.7. The van der Waals surface area contributed by atoms with Crippen molar-refractivity contribution < 1.29 is 31.1 Å². The molecule has 0 saturated carbocycles. The van der Waals surface area contributed by atoms with Gasteiger partial charge in [-0.25, -0.2) is 13.6 Å². The van der Waals surface area contributed by atoms with Gasteiger partial charge < -0.3 is 4.74 Å². The molecule has 20 heavy (non-hydrogen) atoms. The van der Waals surface area contributed by atoms with E-state index in [2.05, 4.69) is 4.74 Å². The van der Waals surface area contributed by atoms with Crippen molar-refractivity contribution in [2.45, 2.75) is 11.3 Å². The van der Waals surface area contributed by atoms with Crippen LogP contribution in [0.1, 0.15) is 0 Å². The monoisotopic (exact) mass is 353 g/mol. The molecule has 11 heteroatoms. The lowest BCUT2D eigenvalue weighted by molar-refractivity contribution is -0.325. The Morgan fingerprint density at radius 1 is 1.15 bits per heavy atom. The predicted octanol–water partition coefficient (Wildman–Crippen LogP) is 2.56. The SMILES string of the molecule is NS(=O)(=O)c1cc(Cl)c(OCCOC(F)(F)F)c(Cl)c1. The second-order valence-corrected chi connectivity index (χ2v) is 5.78. The summed E-state index contributed by atoms with van der Waals surface area (Å²) in [4.78, 5) is -0.341. The second kappa shape index (κ2) is 6.35. The molecule has 1 rings (SSSR count). The lowest BCUT2D eigenvalue weighted by Gasteiger charge is -2.12. The molecular weight excluding hydrogens is 346 g/mol. The molecule has 0 aliphatic rings. The quantitative estimate of drug-likeness (QED) is 0.825. The molecule has 0 aliphatic heterocycles. The number of ether oxygens (including phenoxy) is 2. The van der Waals surface area contributed by atoms with Crippen molar-refractivity contribution in [3.05, 3.63) is 22.2 Å². The molecule has 0 heterocycles. The largest absolute Gasteiger partial charge is 0.522 e.